The van der Waals surface area contributed by atoms with Crippen LogP contribution in [0, 0.1) is 0 Å². The number of hydrogen-bond donors (Lipinski definition) is 3. The molecule has 0 bridgehead atoms. The standard InChI is InChI=1S/C21H30N6O6/c1-12(2)33-11-14(28)10-27-17-18(26(3)21(30)24-19(17)29)23-20(27)25-22-9-13-6-7-15(31-4)16(8-13)32-5/h6-9,12,14,17-18,28H,10-11H2,1-5H3,(H,23,25)(H,24,29,30)/b22-9+. The first kappa shape index (κ1) is 24.3. The Balaban J connectivity index is 1.78. The number of urea groups is 1. The van der Waals surface area contributed by atoms with E-state index in [2.05, 4.69) is 20.8 Å². The Morgan fingerprint density at radius 1 is 1.27 bits per heavy atom. The van der Waals surface area contributed by atoms with Crippen LogP contribution in [0.4, 0.5) is 4.79 Å². The quantitative estimate of drug-likeness (QED) is 0.343. The van der Waals surface area contributed by atoms with Crippen LogP contribution in [-0.4, -0.2) is 97.9 Å². The predicted octanol–water partition coefficient (Wildman–Crippen LogP) is -0.0389. The largest absolute Gasteiger partial charge is 0.493 e. The second-order valence-corrected chi connectivity index (χ2v) is 7.89. The lowest BCUT2D eigenvalue weighted by molar-refractivity contribution is -0.127. The zero-order valence-electron chi connectivity index (χ0n) is 19.3. The number of carbonyl (C=O) groups excluding carboxylic acids is 2. The average molecular weight is 463 g/mol. The Morgan fingerprint density at radius 2 is 2.00 bits per heavy atom. The number of benzene rings is 1. The molecule has 3 amide bonds. The van der Waals surface area contributed by atoms with E-state index >= 15 is 0 Å². The third-order valence-electron chi connectivity index (χ3n) is 5.18. The van der Waals surface area contributed by atoms with Gasteiger partial charge in [0.15, 0.2) is 23.7 Å². The number of hydrogen-bond acceptors (Lipinski definition) is 10. The molecule has 12 nitrogen and oxygen atoms in total. The highest BCUT2D eigenvalue weighted by Gasteiger charge is 2.49. The van der Waals surface area contributed by atoms with Crippen molar-refractivity contribution in [3.63, 3.8) is 0 Å². The number of carbonyl (C=O) groups is 2. The van der Waals surface area contributed by atoms with Crippen LogP contribution in [0.2, 0.25) is 0 Å². The minimum Gasteiger partial charge on any atom is -0.493 e. The molecule has 12 heteroatoms. The van der Waals surface area contributed by atoms with Gasteiger partial charge in [0.2, 0.25) is 5.96 Å². The monoisotopic (exact) mass is 462 g/mol. The molecule has 1 aromatic rings. The first-order valence-corrected chi connectivity index (χ1v) is 10.5. The lowest BCUT2D eigenvalue weighted by Crippen LogP contribution is -2.64. The number of guanidine groups is 1. The van der Waals surface area contributed by atoms with Crippen LogP contribution in [0.15, 0.2) is 28.3 Å². The van der Waals surface area contributed by atoms with Crippen LogP contribution in [0.3, 0.4) is 0 Å². The first-order valence-electron chi connectivity index (χ1n) is 10.5. The van der Waals surface area contributed by atoms with Crippen molar-refractivity contribution in [3.05, 3.63) is 23.8 Å². The number of amides is 3. The van der Waals surface area contributed by atoms with Crippen molar-refractivity contribution in [2.24, 2.45) is 10.1 Å². The Labute approximate surface area is 192 Å². The van der Waals surface area contributed by atoms with Crippen molar-refractivity contribution in [1.29, 1.82) is 0 Å². The van der Waals surface area contributed by atoms with Crippen molar-refractivity contribution in [2.75, 3.05) is 34.4 Å². The highest BCUT2D eigenvalue weighted by atomic mass is 16.5. The number of ether oxygens (including phenoxy) is 3. The molecule has 1 aromatic carbocycles. The molecule has 0 spiro atoms. The second-order valence-electron chi connectivity index (χ2n) is 7.89. The van der Waals surface area contributed by atoms with Crippen LogP contribution < -0.4 is 20.2 Å². The van der Waals surface area contributed by atoms with Gasteiger partial charge in [-0.15, -0.1) is 0 Å². The number of aliphatic hydroxyl groups is 1. The van der Waals surface area contributed by atoms with Crippen LogP contribution in [0.1, 0.15) is 19.4 Å². The number of aliphatic imine (C=N–C) groups is 1. The summed E-state index contributed by atoms with van der Waals surface area (Å²) < 4.78 is 16.0. The van der Waals surface area contributed by atoms with Gasteiger partial charge in [-0.25, -0.2) is 15.2 Å². The van der Waals surface area contributed by atoms with E-state index in [1.54, 1.807) is 50.6 Å². The van der Waals surface area contributed by atoms with E-state index in [1.807, 2.05) is 13.8 Å². The lowest BCUT2D eigenvalue weighted by atomic mass is 10.1. The summed E-state index contributed by atoms with van der Waals surface area (Å²) >= 11 is 0. The highest BCUT2D eigenvalue weighted by Crippen LogP contribution is 2.27. The van der Waals surface area contributed by atoms with Crippen molar-refractivity contribution in [3.8, 4) is 11.5 Å². The normalized spacial score (nSPS) is 21.2. The Hall–Kier alpha value is -3.38. The van der Waals surface area contributed by atoms with Crippen molar-refractivity contribution in [2.45, 2.75) is 38.3 Å². The smallest absolute Gasteiger partial charge is 0.325 e. The molecular weight excluding hydrogens is 432 g/mol. The molecule has 0 aromatic heterocycles. The predicted molar refractivity (Wildman–Crippen MR) is 120 cm³/mol. The molecule has 3 N–H and O–H groups in total. The van der Waals surface area contributed by atoms with Gasteiger partial charge in [0.05, 0.1) is 45.8 Å². The molecule has 33 heavy (non-hydrogen) atoms. The molecule has 3 unspecified atom stereocenters. The number of nitrogens with zero attached hydrogens (tertiary/aromatic N) is 4. The Bertz CT molecular complexity index is 936. The topological polar surface area (TPSA) is 137 Å². The first-order chi connectivity index (χ1) is 15.7. The van der Waals surface area contributed by atoms with Crippen LogP contribution in [0.25, 0.3) is 0 Å². The van der Waals surface area contributed by atoms with Crippen LogP contribution in [0.5, 0.6) is 11.5 Å². The third-order valence-corrected chi connectivity index (χ3v) is 5.18. The minimum absolute atomic E-state index is 0.0509. The summed E-state index contributed by atoms with van der Waals surface area (Å²) in [5.41, 5.74) is 3.57. The number of methoxy groups -OCH3 is 2. The van der Waals surface area contributed by atoms with Gasteiger partial charge >= 0.3 is 6.03 Å². The summed E-state index contributed by atoms with van der Waals surface area (Å²) in [7, 11) is 4.65. The number of nitrogens with one attached hydrogen (secondary N) is 2. The fraction of sp³-hybridized carbons (Fsp3) is 0.524. The summed E-state index contributed by atoms with van der Waals surface area (Å²) in [6.07, 6.45) is -0.130. The maximum absolute atomic E-state index is 12.6. The number of aliphatic hydroxyl groups excluding tert-OH is 1. The maximum Gasteiger partial charge on any atom is 0.325 e. The van der Waals surface area contributed by atoms with Gasteiger partial charge in [-0.2, -0.15) is 5.10 Å². The highest BCUT2D eigenvalue weighted by molar-refractivity contribution is 6.03. The average Bonchev–Trinajstić information content (AvgIpc) is 3.14. The zero-order chi connectivity index (χ0) is 24.1. The van der Waals surface area contributed by atoms with E-state index in [0.29, 0.717) is 11.5 Å². The second kappa shape index (κ2) is 10.5. The zero-order valence-corrected chi connectivity index (χ0v) is 19.3. The molecule has 3 atom stereocenters. The van der Waals surface area contributed by atoms with E-state index in [9.17, 15) is 14.7 Å². The summed E-state index contributed by atoms with van der Waals surface area (Å²) in [6, 6.07) is 3.96. The van der Waals surface area contributed by atoms with Gasteiger partial charge in [0, 0.05) is 7.05 Å². The van der Waals surface area contributed by atoms with E-state index in [0.717, 1.165) is 5.56 Å². The number of hydrazone groups is 1. The molecule has 1 saturated heterocycles. The molecule has 0 aliphatic carbocycles. The van der Waals surface area contributed by atoms with Gasteiger partial charge in [0.25, 0.3) is 5.91 Å². The number of rotatable bonds is 9. The van der Waals surface area contributed by atoms with E-state index in [-0.39, 0.29) is 25.2 Å². The van der Waals surface area contributed by atoms with Crippen LogP contribution in [-0.2, 0) is 9.53 Å². The van der Waals surface area contributed by atoms with E-state index < -0.39 is 30.2 Å². The van der Waals surface area contributed by atoms with E-state index in [4.69, 9.17) is 14.2 Å². The fourth-order valence-electron chi connectivity index (χ4n) is 3.50. The summed E-state index contributed by atoms with van der Waals surface area (Å²) in [5.74, 6) is 0.901. The van der Waals surface area contributed by atoms with Gasteiger partial charge in [-0.05, 0) is 37.6 Å². The summed E-state index contributed by atoms with van der Waals surface area (Å²) in [5, 5.41) is 17.0. The molecule has 1 fully saturated rings. The van der Waals surface area contributed by atoms with Gasteiger partial charge in [0.1, 0.15) is 0 Å². The molecule has 2 heterocycles. The van der Waals surface area contributed by atoms with Crippen LogP contribution >= 0.6 is 0 Å². The molecule has 0 saturated carbocycles. The third kappa shape index (κ3) is 5.52. The van der Waals surface area contributed by atoms with Gasteiger partial charge in [-0.3, -0.25) is 10.1 Å². The van der Waals surface area contributed by atoms with Gasteiger partial charge in [-0.1, -0.05) is 0 Å². The molecule has 2 aliphatic heterocycles. The molecule has 2 aliphatic rings. The maximum atomic E-state index is 12.6. The number of β-amino-alcohol motifs (C(OH)–C–C–N with tert-alkyl or cyclic N) is 1. The molecule has 3 rings (SSSR count). The van der Waals surface area contributed by atoms with Gasteiger partial charge < -0.3 is 29.1 Å². The molecular formula is C21H30N6O6. The Kier molecular flexibility index (Phi) is 7.71. The number of imide groups is 1. The van der Waals surface area contributed by atoms with Crippen molar-refractivity contribution in [1.82, 2.24) is 20.5 Å². The SMILES string of the molecule is COc1ccc(/C=N/NC2=NC3C(C(=O)NC(=O)N3C)N2CC(O)COC(C)C)cc1OC. The van der Waals surface area contributed by atoms with E-state index in [1.165, 1.54) is 4.90 Å². The Morgan fingerprint density at radius 3 is 2.67 bits per heavy atom. The van der Waals surface area contributed by atoms with Crippen molar-refractivity contribution < 1.29 is 28.9 Å². The summed E-state index contributed by atoms with van der Waals surface area (Å²) in [6.45, 7) is 3.88. The fourth-order valence-corrected chi connectivity index (χ4v) is 3.50. The minimum atomic E-state index is -0.885. The number of fused-ring (bicyclic) bond motifs is 1. The number of likely N-dealkylation sites (N-methyl/N-ethyl adjacent to an activating group) is 1. The van der Waals surface area contributed by atoms with Crippen molar-refractivity contribution >= 4 is 24.1 Å². The molecule has 180 valence electrons. The summed E-state index contributed by atoms with van der Waals surface area (Å²) in [4.78, 5) is 32.0. The lowest BCUT2D eigenvalue weighted by Gasteiger charge is -2.36. The molecule has 0 radical (unpaired) electrons.